The summed E-state index contributed by atoms with van der Waals surface area (Å²) in [6, 6.07) is 0. The second-order valence-corrected chi connectivity index (χ2v) is 5.05. The van der Waals surface area contributed by atoms with Crippen molar-refractivity contribution in [2.24, 2.45) is 11.8 Å². The molecule has 2 rings (SSSR count). The van der Waals surface area contributed by atoms with Crippen molar-refractivity contribution in [2.45, 2.75) is 32.8 Å². The summed E-state index contributed by atoms with van der Waals surface area (Å²) < 4.78 is 0. The molecule has 0 bridgehead atoms. The highest BCUT2D eigenvalue weighted by Gasteiger charge is 2.39. The van der Waals surface area contributed by atoms with E-state index in [2.05, 4.69) is 18.7 Å². The van der Waals surface area contributed by atoms with Crippen molar-refractivity contribution in [3.63, 3.8) is 0 Å². The summed E-state index contributed by atoms with van der Waals surface area (Å²) in [5.41, 5.74) is 0. The molecule has 2 aliphatic rings. The second kappa shape index (κ2) is 3.58. The maximum atomic E-state index is 9.48. The van der Waals surface area contributed by atoms with Crippen LogP contribution in [0.5, 0.6) is 0 Å². The molecular weight excluding hydrogens is 162 g/mol. The van der Waals surface area contributed by atoms with Crippen LogP contribution in [0.3, 0.4) is 0 Å². The summed E-state index contributed by atoms with van der Waals surface area (Å²) in [4.78, 5) is 2.54. The molecule has 0 aromatic heterocycles. The quantitative estimate of drug-likeness (QED) is 0.696. The minimum absolute atomic E-state index is 0.00357. The van der Waals surface area contributed by atoms with Crippen LogP contribution in [0.25, 0.3) is 0 Å². The van der Waals surface area contributed by atoms with E-state index in [0.717, 1.165) is 31.2 Å². The number of nitrogens with zero attached hydrogens (tertiary/aromatic N) is 1. The van der Waals surface area contributed by atoms with Gasteiger partial charge in [-0.25, -0.2) is 0 Å². The maximum absolute atomic E-state index is 9.48. The SMILES string of the molecule is C[C](C)CN1C[C@H]2C[C@@H](O)C[C@H]2C1. The molecule has 1 saturated carbocycles. The van der Waals surface area contributed by atoms with Gasteiger partial charge in [-0.2, -0.15) is 0 Å². The molecule has 75 valence electrons. The highest BCUT2D eigenvalue weighted by molar-refractivity contribution is 4.95. The van der Waals surface area contributed by atoms with Gasteiger partial charge in [-0.3, -0.25) is 0 Å². The summed E-state index contributed by atoms with van der Waals surface area (Å²) in [5, 5.41) is 9.48. The first-order chi connectivity index (χ1) is 6.15. The van der Waals surface area contributed by atoms with Gasteiger partial charge in [0.05, 0.1) is 6.10 Å². The smallest absolute Gasteiger partial charge is 0.0546 e. The summed E-state index contributed by atoms with van der Waals surface area (Å²) in [7, 11) is 0. The Morgan fingerprint density at radius 1 is 1.23 bits per heavy atom. The second-order valence-electron chi connectivity index (χ2n) is 5.05. The topological polar surface area (TPSA) is 23.5 Å². The van der Waals surface area contributed by atoms with E-state index in [1.165, 1.54) is 19.0 Å². The minimum atomic E-state index is 0.00357. The molecule has 0 unspecified atom stereocenters. The van der Waals surface area contributed by atoms with Gasteiger partial charge in [-0.15, -0.1) is 0 Å². The number of aliphatic hydroxyl groups is 1. The van der Waals surface area contributed by atoms with E-state index >= 15 is 0 Å². The molecule has 1 N–H and O–H groups in total. The Bertz CT molecular complexity index is 167. The minimum Gasteiger partial charge on any atom is -0.393 e. The largest absolute Gasteiger partial charge is 0.393 e. The van der Waals surface area contributed by atoms with Crippen LogP contribution >= 0.6 is 0 Å². The van der Waals surface area contributed by atoms with Gasteiger partial charge in [0.1, 0.15) is 0 Å². The van der Waals surface area contributed by atoms with Gasteiger partial charge in [0.15, 0.2) is 0 Å². The molecule has 2 nitrogen and oxygen atoms in total. The molecule has 1 saturated heterocycles. The van der Waals surface area contributed by atoms with Gasteiger partial charge in [0.25, 0.3) is 0 Å². The predicted octanol–water partition coefficient (Wildman–Crippen LogP) is 1.30. The lowest BCUT2D eigenvalue weighted by molar-refractivity contribution is 0.163. The maximum Gasteiger partial charge on any atom is 0.0546 e. The van der Waals surface area contributed by atoms with Crippen molar-refractivity contribution in [1.29, 1.82) is 0 Å². The summed E-state index contributed by atoms with van der Waals surface area (Å²) in [6.07, 6.45) is 2.09. The molecule has 2 heteroatoms. The Balaban J connectivity index is 1.83. The van der Waals surface area contributed by atoms with Crippen molar-refractivity contribution in [3.8, 4) is 0 Å². The number of likely N-dealkylation sites (tertiary alicyclic amines) is 1. The zero-order chi connectivity index (χ0) is 9.42. The van der Waals surface area contributed by atoms with E-state index in [0.29, 0.717) is 0 Å². The Morgan fingerprint density at radius 2 is 1.77 bits per heavy atom. The fourth-order valence-corrected chi connectivity index (χ4v) is 2.94. The van der Waals surface area contributed by atoms with Crippen molar-refractivity contribution in [2.75, 3.05) is 19.6 Å². The van der Waals surface area contributed by atoms with Gasteiger partial charge in [-0.05, 0) is 30.6 Å². The van der Waals surface area contributed by atoms with Crippen LogP contribution in [0.15, 0.2) is 0 Å². The number of rotatable bonds is 2. The molecular formula is C11H20NO. The highest BCUT2D eigenvalue weighted by Crippen LogP contribution is 2.38. The van der Waals surface area contributed by atoms with Crippen LogP contribution in [0.2, 0.25) is 0 Å². The van der Waals surface area contributed by atoms with Crippen molar-refractivity contribution in [1.82, 2.24) is 4.90 Å². The van der Waals surface area contributed by atoms with Crippen molar-refractivity contribution >= 4 is 0 Å². The first-order valence-corrected chi connectivity index (χ1v) is 5.34. The normalized spacial score (nSPS) is 40.2. The number of aliphatic hydroxyl groups excluding tert-OH is 1. The lowest BCUT2D eigenvalue weighted by Gasteiger charge is -2.19. The van der Waals surface area contributed by atoms with Crippen LogP contribution in [0.1, 0.15) is 26.7 Å². The average Bonchev–Trinajstić information content (AvgIpc) is 2.41. The Labute approximate surface area is 80.9 Å². The fraction of sp³-hybridized carbons (Fsp3) is 0.909. The predicted molar refractivity (Wildman–Crippen MR) is 53.3 cm³/mol. The Morgan fingerprint density at radius 3 is 2.23 bits per heavy atom. The van der Waals surface area contributed by atoms with Gasteiger partial charge in [-0.1, -0.05) is 13.8 Å². The third-order valence-electron chi connectivity index (χ3n) is 3.34. The molecule has 0 aromatic rings. The van der Waals surface area contributed by atoms with Crippen LogP contribution in [0, 0.1) is 17.8 Å². The standard InChI is InChI=1S/C11H20NO/c1-8(2)5-12-6-9-3-11(13)4-10(9)7-12/h9-11,13H,3-7H2,1-2H3/t9-,10+,11-. The summed E-state index contributed by atoms with van der Waals surface area (Å²) in [5.74, 6) is 3.07. The molecule has 1 aliphatic heterocycles. The third kappa shape index (κ3) is 2.05. The third-order valence-corrected chi connectivity index (χ3v) is 3.34. The van der Waals surface area contributed by atoms with Gasteiger partial charge >= 0.3 is 0 Å². The Kier molecular flexibility index (Phi) is 2.61. The molecule has 1 radical (unpaired) electrons. The molecule has 3 atom stereocenters. The number of fused-ring (bicyclic) bond motifs is 1. The fourth-order valence-electron chi connectivity index (χ4n) is 2.94. The van der Waals surface area contributed by atoms with Gasteiger partial charge < -0.3 is 10.0 Å². The molecule has 1 heterocycles. The molecule has 0 amide bonds. The lowest BCUT2D eigenvalue weighted by Crippen LogP contribution is -2.26. The van der Waals surface area contributed by atoms with Crippen molar-refractivity contribution in [3.05, 3.63) is 5.92 Å². The molecule has 0 aromatic carbocycles. The van der Waals surface area contributed by atoms with E-state index < -0.39 is 0 Å². The molecule has 13 heavy (non-hydrogen) atoms. The lowest BCUT2D eigenvalue weighted by atomic mass is 10.0. The van der Waals surface area contributed by atoms with E-state index in [9.17, 15) is 5.11 Å². The monoisotopic (exact) mass is 182 g/mol. The first-order valence-electron chi connectivity index (χ1n) is 5.34. The van der Waals surface area contributed by atoms with Crippen LogP contribution in [-0.4, -0.2) is 35.7 Å². The van der Waals surface area contributed by atoms with Gasteiger partial charge in [0.2, 0.25) is 0 Å². The van der Waals surface area contributed by atoms with Crippen molar-refractivity contribution < 1.29 is 5.11 Å². The zero-order valence-corrected chi connectivity index (χ0v) is 8.66. The zero-order valence-electron chi connectivity index (χ0n) is 8.66. The summed E-state index contributed by atoms with van der Waals surface area (Å²) >= 11 is 0. The molecule has 2 fully saturated rings. The van der Waals surface area contributed by atoms with Crippen LogP contribution in [-0.2, 0) is 0 Å². The summed E-state index contributed by atoms with van der Waals surface area (Å²) in [6.45, 7) is 7.98. The van der Waals surface area contributed by atoms with Crippen LogP contribution < -0.4 is 0 Å². The van der Waals surface area contributed by atoms with E-state index in [-0.39, 0.29) is 6.10 Å². The van der Waals surface area contributed by atoms with Crippen LogP contribution in [0.4, 0.5) is 0 Å². The first kappa shape index (κ1) is 9.47. The highest BCUT2D eigenvalue weighted by atomic mass is 16.3. The van der Waals surface area contributed by atoms with E-state index in [1.54, 1.807) is 0 Å². The van der Waals surface area contributed by atoms with Gasteiger partial charge in [0, 0.05) is 19.6 Å². The number of hydrogen-bond acceptors (Lipinski definition) is 2. The molecule has 0 spiro atoms. The molecule has 1 aliphatic carbocycles. The Hall–Kier alpha value is -0.0800. The number of hydrogen-bond donors (Lipinski definition) is 1. The van der Waals surface area contributed by atoms with E-state index in [1.807, 2.05) is 0 Å². The van der Waals surface area contributed by atoms with E-state index in [4.69, 9.17) is 0 Å². The average molecular weight is 182 g/mol.